The average molecular weight is 696 g/mol. The summed E-state index contributed by atoms with van der Waals surface area (Å²) in [5.41, 5.74) is 9.99. The summed E-state index contributed by atoms with van der Waals surface area (Å²) < 4.78 is 10.2. The molecule has 50 heavy (non-hydrogen) atoms. The zero-order valence-electron chi connectivity index (χ0n) is 27.5. The Morgan fingerprint density at radius 2 is 1.44 bits per heavy atom. The zero-order chi connectivity index (χ0) is 35.5. The number of nitrogen functional groups attached to an aromatic ring is 1. The van der Waals surface area contributed by atoms with Crippen LogP contribution in [0.15, 0.2) is 109 Å². The van der Waals surface area contributed by atoms with Gasteiger partial charge in [0.25, 0.3) is 0 Å². The van der Waals surface area contributed by atoms with Crippen molar-refractivity contribution in [2.24, 2.45) is 0 Å². The topological polar surface area (TPSA) is 161 Å². The fourth-order valence-electron chi connectivity index (χ4n) is 5.51. The van der Waals surface area contributed by atoms with Gasteiger partial charge < -0.3 is 31.2 Å². The molecule has 12 nitrogen and oxygen atoms in total. The first kappa shape index (κ1) is 35.5. The second kappa shape index (κ2) is 16.5. The van der Waals surface area contributed by atoms with Crippen molar-refractivity contribution in [1.82, 2.24) is 20.4 Å². The van der Waals surface area contributed by atoms with Crippen LogP contribution in [0.1, 0.15) is 30.0 Å². The summed E-state index contributed by atoms with van der Waals surface area (Å²) in [6.45, 7) is 1.79. The highest BCUT2D eigenvalue weighted by Gasteiger charge is 2.56. The highest BCUT2D eigenvalue weighted by atomic mass is 32.1. The number of rotatable bonds is 13. The minimum Gasteiger partial charge on any atom is -0.459 e. The minimum absolute atomic E-state index is 0.0147. The smallest absolute Gasteiger partial charge is 0.430 e. The predicted octanol–water partition coefficient (Wildman–Crippen LogP) is 5.13. The van der Waals surface area contributed by atoms with Crippen molar-refractivity contribution in [3.05, 3.63) is 126 Å². The van der Waals surface area contributed by atoms with Gasteiger partial charge in [-0.25, -0.2) is 19.2 Å². The van der Waals surface area contributed by atoms with Gasteiger partial charge in [0, 0.05) is 25.1 Å². The Labute approximate surface area is 295 Å². The normalized spacial score (nSPS) is 17.3. The Hall–Kier alpha value is -5.79. The van der Waals surface area contributed by atoms with Crippen LogP contribution < -0.4 is 31.5 Å². The highest BCUT2D eigenvalue weighted by molar-refractivity contribution is 7.80. The number of nitrogens with two attached hydrogens (primary N) is 1. The number of urea groups is 1. The third-order valence-corrected chi connectivity index (χ3v) is 8.49. The molecular weight excluding hydrogens is 657 g/mol. The molecule has 1 heterocycles. The Kier molecular flexibility index (Phi) is 11.8. The van der Waals surface area contributed by atoms with E-state index in [1.807, 2.05) is 54.6 Å². The van der Waals surface area contributed by atoms with Crippen LogP contribution >= 0.6 is 12.2 Å². The molecule has 0 radical (unpaired) electrons. The molecule has 0 bridgehead atoms. The second-order valence-electron chi connectivity index (χ2n) is 11.7. The molecule has 1 fully saturated rings. The Morgan fingerprint density at radius 3 is 2.04 bits per heavy atom. The lowest BCUT2D eigenvalue weighted by Crippen LogP contribution is -2.57. The van der Waals surface area contributed by atoms with E-state index in [9.17, 15) is 19.2 Å². The van der Waals surface area contributed by atoms with Crippen LogP contribution in [0.4, 0.5) is 26.7 Å². The standard InChI is InChI=1S/C37H38N6O6S/c1-25-33(44)43(36(46)40-25,29-18-16-26(17-19-29)22-39-35(50)41-31-15-9-8-14-30(31)38)21-20-32(34(45)48-23-27-10-4-2-5-11-27)42-37(47)49-24-28-12-6-3-7-13-28/h2-19,25,32H,20-24,38H2,1H3,(H3-,39,40,41,42,46,47,50)/p+1. The van der Waals surface area contributed by atoms with E-state index in [0.717, 1.165) is 16.7 Å². The Bertz CT molecular complexity index is 1830. The van der Waals surface area contributed by atoms with Gasteiger partial charge in [-0.2, -0.15) is 0 Å². The lowest BCUT2D eigenvalue weighted by molar-refractivity contribution is -0.147. The molecule has 3 atom stereocenters. The number of hydrogen-bond donors (Lipinski definition) is 5. The highest BCUT2D eigenvalue weighted by Crippen LogP contribution is 2.30. The van der Waals surface area contributed by atoms with Gasteiger partial charge in [-0.1, -0.05) is 84.9 Å². The van der Waals surface area contributed by atoms with Gasteiger partial charge in [0.15, 0.2) is 5.11 Å². The maximum Gasteiger partial charge on any atom is 0.430 e. The lowest BCUT2D eigenvalue weighted by atomic mass is 10.1. The first-order valence-corrected chi connectivity index (χ1v) is 16.5. The predicted molar refractivity (Wildman–Crippen MR) is 194 cm³/mol. The van der Waals surface area contributed by atoms with Crippen molar-refractivity contribution in [1.29, 1.82) is 0 Å². The summed E-state index contributed by atoms with van der Waals surface area (Å²) in [5, 5.41) is 11.9. The molecule has 1 saturated heterocycles. The monoisotopic (exact) mass is 695 g/mol. The van der Waals surface area contributed by atoms with Gasteiger partial charge in [0.2, 0.25) is 0 Å². The number of imide groups is 1. The number of thiocarbonyl (C=S) groups is 1. The molecule has 0 spiro atoms. The number of hydrogen-bond acceptors (Lipinski definition) is 8. The number of nitrogens with one attached hydrogen (secondary N) is 4. The van der Waals surface area contributed by atoms with Crippen LogP contribution in [-0.2, 0) is 38.8 Å². The van der Waals surface area contributed by atoms with Crippen LogP contribution in [-0.4, -0.2) is 47.7 Å². The Balaban J connectivity index is 1.30. The summed E-state index contributed by atoms with van der Waals surface area (Å²) in [5.74, 6) is -1.12. The number of ether oxygens (including phenoxy) is 2. The number of alkyl carbamates (subject to hydrolysis) is 1. The van der Waals surface area contributed by atoms with Crippen LogP contribution in [0.25, 0.3) is 0 Å². The number of carbonyl (C=O) groups excluding carboxylic acids is 4. The third kappa shape index (κ3) is 8.81. The van der Waals surface area contributed by atoms with Crippen LogP contribution in [0, 0.1) is 0 Å². The lowest BCUT2D eigenvalue weighted by Gasteiger charge is -2.29. The number of amides is 4. The molecule has 4 aromatic rings. The van der Waals surface area contributed by atoms with Crippen LogP contribution in [0.5, 0.6) is 0 Å². The molecule has 3 unspecified atom stereocenters. The number of anilines is 2. The molecule has 4 amide bonds. The van der Waals surface area contributed by atoms with Gasteiger partial charge in [-0.15, -0.1) is 4.48 Å². The fraction of sp³-hybridized carbons (Fsp3) is 0.216. The van der Waals surface area contributed by atoms with Crippen molar-refractivity contribution < 1.29 is 28.7 Å². The van der Waals surface area contributed by atoms with Gasteiger partial charge in [0.05, 0.1) is 11.4 Å². The summed E-state index contributed by atoms with van der Waals surface area (Å²) in [4.78, 5) is 53.6. The van der Waals surface area contributed by atoms with E-state index in [-0.39, 0.29) is 26.2 Å². The SMILES string of the molecule is CC1NC(=O)[N+](CCC(NC(=O)OCc2ccccc2)C(=O)OCc2ccccc2)(c2ccc(CNC(=S)Nc3ccccc3N)cc2)C1=O. The largest absolute Gasteiger partial charge is 0.459 e. The van der Waals surface area contributed by atoms with E-state index in [4.69, 9.17) is 27.4 Å². The minimum atomic E-state index is -1.22. The van der Waals surface area contributed by atoms with E-state index in [0.29, 0.717) is 28.7 Å². The van der Waals surface area contributed by atoms with Crippen molar-refractivity contribution in [3.63, 3.8) is 0 Å². The molecule has 258 valence electrons. The number of para-hydroxylation sites is 2. The second-order valence-corrected chi connectivity index (χ2v) is 12.2. The van der Waals surface area contributed by atoms with Crippen molar-refractivity contribution >= 4 is 58.4 Å². The van der Waals surface area contributed by atoms with E-state index in [1.165, 1.54) is 0 Å². The van der Waals surface area contributed by atoms with E-state index >= 15 is 0 Å². The number of nitrogens with zero attached hydrogens (tertiary/aromatic N) is 1. The molecule has 4 aromatic carbocycles. The van der Waals surface area contributed by atoms with Gasteiger partial charge >= 0.3 is 24.0 Å². The molecule has 5 rings (SSSR count). The molecule has 1 aliphatic heterocycles. The van der Waals surface area contributed by atoms with Crippen molar-refractivity contribution in [2.45, 2.75) is 45.2 Å². The third-order valence-electron chi connectivity index (χ3n) is 8.24. The van der Waals surface area contributed by atoms with E-state index < -0.39 is 40.6 Å². The van der Waals surface area contributed by atoms with Gasteiger partial charge in [-0.05, 0) is 48.0 Å². The summed E-state index contributed by atoms with van der Waals surface area (Å²) in [6, 6.07) is 29.9. The van der Waals surface area contributed by atoms with Crippen LogP contribution in [0.2, 0.25) is 0 Å². The van der Waals surface area contributed by atoms with Gasteiger partial charge in [-0.3, -0.25) is 5.32 Å². The maximum atomic E-state index is 13.7. The van der Waals surface area contributed by atoms with Crippen LogP contribution in [0.3, 0.4) is 0 Å². The first-order chi connectivity index (χ1) is 24.2. The summed E-state index contributed by atoms with van der Waals surface area (Å²) in [6.07, 6.45) is -0.946. The van der Waals surface area contributed by atoms with Crippen molar-refractivity contribution in [3.8, 4) is 0 Å². The molecule has 0 aromatic heterocycles. The quantitative estimate of drug-likeness (QED) is 0.0417. The molecule has 0 aliphatic carbocycles. The summed E-state index contributed by atoms with van der Waals surface area (Å²) in [7, 11) is 0. The van der Waals surface area contributed by atoms with Gasteiger partial charge in [0.1, 0.15) is 37.5 Å². The Morgan fingerprint density at radius 1 is 0.840 bits per heavy atom. The summed E-state index contributed by atoms with van der Waals surface area (Å²) >= 11 is 5.41. The van der Waals surface area contributed by atoms with E-state index in [2.05, 4.69) is 21.3 Å². The molecule has 6 N–H and O–H groups in total. The molecule has 13 heteroatoms. The number of quaternary nitrogens is 1. The van der Waals surface area contributed by atoms with E-state index in [1.54, 1.807) is 61.5 Å². The zero-order valence-corrected chi connectivity index (χ0v) is 28.3. The maximum absolute atomic E-state index is 13.7. The first-order valence-electron chi connectivity index (χ1n) is 16.1. The average Bonchev–Trinajstić information content (AvgIpc) is 3.35. The number of esters is 1. The molecular formula is C37H39N6O6S+. The fourth-order valence-corrected chi connectivity index (χ4v) is 5.69. The molecule has 0 saturated carbocycles. The number of benzene rings is 4. The molecule has 1 aliphatic rings. The van der Waals surface area contributed by atoms with Crippen molar-refractivity contribution in [2.75, 3.05) is 17.6 Å². The number of carbonyl (C=O) groups is 4.